The molecule has 190 valence electrons. The van der Waals surface area contributed by atoms with Gasteiger partial charge >= 0.3 is 0 Å². The van der Waals surface area contributed by atoms with Crippen molar-refractivity contribution in [3.8, 4) is 11.1 Å². The van der Waals surface area contributed by atoms with Crippen molar-refractivity contribution in [2.45, 2.75) is 32.6 Å². The van der Waals surface area contributed by atoms with Crippen LogP contribution in [0.1, 0.15) is 31.2 Å². The Hall–Kier alpha value is -3.49. The van der Waals surface area contributed by atoms with Gasteiger partial charge in [-0.15, -0.1) is 0 Å². The smallest absolute Gasteiger partial charge is 0.131 e. The highest BCUT2D eigenvalue weighted by Crippen LogP contribution is 2.26. The molecule has 0 spiro atoms. The summed E-state index contributed by atoms with van der Waals surface area (Å²) in [6, 6.07) is 3.25. The van der Waals surface area contributed by atoms with Crippen LogP contribution in [0.15, 0.2) is 53.6 Å². The van der Waals surface area contributed by atoms with E-state index < -0.39 is 0 Å². The van der Waals surface area contributed by atoms with Gasteiger partial charge in [0.1, 0.15) is 5.82 Å². The fraction of sp³-hybridized carbons (Fsp3) is 0.357. The van der Waals surface area contributed by atoms with Gasteiger partial charge in [-0.3, -0.25) is 9.98 Å². The van der Waals surface area contributed by atoms with Crippen LogP contribution in [0.4, 0.5) is 10.1 Å². The van der Waals surface area contributed by atoms with E-state index in [1.165, 1.54) is 25.3 Å². The van der Waals surface area contributed by atoms with E-state index >= 15 is 4.39 Å². The van der Waals surface area contributed by atoms with Crippen LogP contribution < -0.4 is 27.6 Å². The largest absolute Gasteiger partial charge is 0.402 e. The van der Waals surface area contributed by atoms with E-state index in [1.54, 1.807) is 24.5 Å². The Morgan fingerprint density at radius 1 is 1.06 bits per heavy atom. The molecule has 2 aliphatic rings. The van der Waals surface area contributed by atoms with Crippen molar-refractivity contribution >= 4 is 23.6 Å². The summed E-state index contributed by atoms with van der Waals surface area (Å²) in [5.41, 5.74) is 22.6. The number of hydrogen-bond donors (Lipinski definition) is 3. The molecule has 1 aromatic carbocycles. The lowest BCUT2D eigenvalue weighted by Crippen LogP contribution is -2.50. The van der Waals surface area contributed by atoms with Gasteiger partial charge in [-0.25, -0.2) is 14.4 Å². The quantitative estimate of drug-likeness (QED) is 0.574. The van der Waals surface area contributed by atoms with Crippen molar-refractivity contribution in [1.82, 2.24) is 15.0 Å². The van der Waals surface area contributed by atoms with Gasteiger partial charge in [0.05, 0.1) is 30.7 Å². The molecule has 0 radical (unpaired) electrons. The minimum atomic E-state index is -0.368. The van der Waals surface area contributed by atoms with Crippen molar-refractivity contribution < 1.29 is 4.39 Å². The van der Waals surface area contributed by atoms with Gasteiger partial charge in [0.2, 0.25) is 0 Å². The van der Waals surface area contributed by atoms with Crippen LogP contribution >= 0.6 is 0 Å². The average molecular weight is 490 g/mol. The zero-order chi connectivity index (χ0) is 25.7. The van der Waals surface area contributed by atoms with Gasteiger partial charge in [0.25, 0.3) is 0 Å². The van der Waals surface area contributed by atoms with Crippen molar-refractivity contribution in [1.29, 1.82) is 0 Å². The molecular formula is C28H36FN7. The van der Waals surface area contributed by atoms with E-state index in [2.05, 4.69) is 26.6 Å². The topological polar surface area (TPSA) is 110 Å². The Kier molecular flexibility index (Phi) is 8.18. The molecule has 0 unspecified atom stereocenters. The highest BCUT2D eigenvalue weighted by molar-refractivity contribution is 5.97. The SMILES string of the molecule is C=C(N)/C=c1/cc(-c2cncc(N)c2C)c(F)c/c1=C/CC(N)=CC1=NCCN(N2CCCCC2)C1. The fourth-order valence-electron chi connectivity index (χ4n) is 4.74. The van der Waals surface area contributed by atoms with Gasteiger partial charge < -0.3 is 17.2 Å². The lowest BCUT2D eigenvalue weighted by Gasteiger charge is -2.38. The maximum Gasteiger partial charge on any atom is 0.131 e. The number of benzene rings is 1. The van der Waals surface area contributed by atoms with Crippen LogP contribution in [0, 0.1) is 12.7 Å². The number of piperidine rings is 1. The summed E-state index contributed by atoms with van der Waals surface area (Å²) in [5, 5.41) is 6.27. The summed E-state index contributed by atoms with van der Waals surface area (Å²) in [7, 11) is 0. The van der Waals surface area contributed by atoms with Crippen molar-refractivity contribution in [3.05, 3.63) is 70.4 Å². The normalized spacial score (nSPS) is 18.9. The zero-order valence-electron chi connectivity index (χ0n) is 21.0. The second-order valence-corrected chi connectivity index (χ2v) is 9.48. The Morgan fingerprint density at radius 3 is 2.58 bits per heavy atom. The van der Waals surface area contributed by atoms with Gasteiger partial charge in [-0.05, 0) is 60.1 Å². The number of nitrogens with two attached hydrogens (primary N) is 3. The second-order valence-electron chi connectivity index (χ2n) is 9.48. The summed E-state index contributed by atoms with van der Waals surface area (Å²) in [5.74, 6) is -0.368. The van der Waals surface area contributed by atoms with E-state index in [1.807, 2.05) is 19.1 Å². The third-order valence-corrected chi connectivity index (χ3v) is 6.72. The van der Waals surface area contributed by atoms with Gasteiger partial charge in [-0.1, -0.05) is 19.1 Å². The molecule has 0 atom stereocenters. The van der Waals surface area contributed by atoms with E-state index in [0.717, 1.165) is 49.2 Å². The molecule has 1 aromatic heterocycles. The first-order chi connectivity index (χ1) is 17.3. The summed E-state index contributed by atoms with van der Waals surface area (Å²) in [6.07, 6.45) is 13.0. The minimum absolute atomic E-state index is 0.368. The monoisotopic (exact) mass is 489 g/mol. The van der Waals surface area contributed by atoms with E-state index in [9.17, 15) is 0 Å². The standard InChI is InChI=1S/C28H36FN7/c1-19(30)12-22-13-25(26-16-33-17-28(32)20(26)2)27(29)14-21(22)6-7-23(31)15-24-18-36(11-8-34-24)35-9-4-3-5-10-35/h6,12-17H,1,3-5,7-11,18,30-32H2,2H3/b21-6-,22-12-,23-15?. The predicted octanol–water partition coefficient (Wildman–Crippen LogP) is 2.20. The zero-order valence-corrected chi connectivity index (χ0v) is 21.0. The number of hydrogen-bond acceptors (Lipinski definition) is 7. The second kappa shape index (κ2) is 11.5. The lowest BCUT2D eigenvalue weighted by atomic mass is 9.99. The number of rotatable bonds is 6. The van der Waals surface area contributed by atoms with Crippen LogP contribution in [-0.4, -0.2) is 53.4 Å². The van der Waals surface area contributed by atoms with Gasteiger partial charge in [0.15, 0.2) is 0 Å². The molecular weight excluding hydrogens is 453 g/mol. The van der Waals surface area contributed by atoms with Gasteiger partial charge in [0, 0.05) is 54.8 Å². The van der Waals surface area contributed by atoms with Crippen LogP contribution in [0.5, 0.6) is 0 Å². The molecule has 3 heterocycles. The van der Waals surface area contributed by atoms with Crippen molar-refractivity contribution in [2.24, 2.45) is 16.5 Å². The van der Waals surface area contributed by atoms with Crippen LogP contribution in [0.2, 0.25) is 0 Å². The summed E-state index contributed by atoms with van der Waals surface area (Å²) in [4.78, 5) is 8.80. The fourth-order valence-corrected chi connectivity index (χ4v) is 4.74. The first kappa shape index (κ1) is 25.6. The number of aromatic nitrogens is 1. The summed E-state index contributed by atoms with van der Waals surface area (Å²) >= 11 is 0. The molecule has 0 aliphatic carbocycles. The first-order valence-electron chi connectivity index (χ1n) is 12.5. The Bertz CT molecular complexity index is 1310. The van der Waals surface area contributed by atoms with E-state index in [4.69, 9.17) is 17.2 Å². The molecule has 1 saturated heterocycles. The molecule has 0 amide bonds. The lowest BCUT2D eigenvalue weighted by molar-refractivity contribution is -0.0263. The molecule has 36 heavy (non-hydrogen) atoms. The highest BCUT2D eigenvalue weighted by Gasteiger charge is 2.21. The number of nitrogens with zero attached hydrogens (tertiary/aromatic N) is 4. The molecule has 2 aromatic rings. The Labute approximate surface area is 212 Å². The van der Waals surface area contributed by atoms with Gasteiger partial charge in [-0.2, -0.15) is 0 Å². The Balaban J connectivity index is 1.59. The summed E-state index contributed by atoms with van der Waals surface area (Å²) < 4.78 is 15.3. The number of halogens is 1. The van der Waals surface area contributed by atoms with Crippen molar-refractivity contribution in [2.75, 3.05) is 38.5 Å². The Morgan fingerprint density at radius 2 is 1.83 bits per heavy atom. The summed E-state index contributed by atoms with van der Waals surface area (Å²) in [6.45, 7) is 10.3. The number of allylic oxidation sites excluding steroid dienone is 2. The number of aliphatic imine (C=N–C) groups is 1. The maximum atomic E-state index is 15.3. The van der Waals surface area contributed by atoms with E-state index in [-0.39, 0.29) is 5.82 Å². The molecule has 6 N–H and O–H groups in total. The average Bonchev–Trinajstić information content (AvgIpc) is 2.86. The first-order valence-corrected chi connectivity index (χ1v) is 12.5. The van der Waals surface area contributed by atoms with Crippen molar-refractivity contribution in [3.63, 3.8) is 0 Å². The molecule has 2 aliphatic heterocycles. The number of anilines is 1. The third-order valence-electron chi connectivity index (χ3n) is 6.72. The third kappa shape index (κ3) is 6.19. The minimum Gasteiger partial charge on any atom is -0.402 e. The van der Waals surface area contributed by atoms with Crippen LogP contribution in [0.3, 0.4) is 0 Å². The van der Waals surface area contributed by atoms with E-state index in [0.29, 0.717) is 39.8 Å². The number of hydrazine groups is 1. The molecule has 1 fully saturated rings. The molecule has 4 rings (SSSR count). The molecule has 7 nitrogen and oxygen atoms in total. The van der Waals surface area contributed by atoms with Crippen LogP contribution in [-0.2, 0) is 0 Å². The number of nitrogen functional groups attached to an aromatic ring is 1. The molecule has 0 bridgehead atoms. The highest BCUT2D eigenvalue weighted by atomic mass is 19.1. The van der Waals surface area contributed by atoms with Crippen LogP contribution in [0.25, 0.3) is 23.3 Å². The molecule has 8 heteroatoms. The maximum absolute atomic E-state index is 15.3. The number of pyridine rings is 1. The molecule has 0 saturated carbocycles. The predicted molar refractivity (Wildman–Crippen MR) is 146 cm³/mol.